The molecule has 0 radical (unpaired) electrons. The molecule has 2 nitrogen and oxygen atoms in total. The van der Waals surface area contributed by atoms with Crippen molar-refractivity contribution in [3.8, 4) is 0 Å². The van der Waals surface area contributed by atoms with Gasteiger partial charge in [0.2, 0.25) is 0 Å². The van der Waals surface area contributed by atoms with E-state index in [9.17, 15) is 0 Å². The summed E-state index contributed by atoms with van der Waals surface area (Å²) in [4.78, 5) is 0. The molecule has 1 saturated carbocycles. The van der Waals surface area contributed by atoms with Crippen LogP contribution < -0.4 is 0 Å². The highest BCUT2D eigenvalue weighted by Gasteiger charge is 2.28. The number of hydrogen-bond acceptors (Lipinski definition) is 2. The summed E-state index contributed by atoms with van der Waals surface area (Å²) in [5.41, 5.74) is 0. The Kier molecular flexibility index (Phi) is 21.6. The van der Waals surface area contributed by atoms with Gasteiger partial charge >= 0.3 is 0 Å². The van der Waals surface area contributed by atoms with Gasteiger partial charge in [-0.2, -0.15) is 0 Å². The lowest BCUT2D eigenvalue weighted by atomic mass is 10.1. The minimum atomic E-state index is 0.377. The van der Waals surface area contributed by atoms with Gasteiger partial charge in [-0.3, -0.25) is 0 Å². The van der Waals surface area contributed by atoms with Gasteiger partial charge in [0.1, 0.15) is 0 Å². The van der Waals surface area contributed by atoms with Crippen molar-refractivity contribution in [2.45, 2.75) is 174 Å². The summed E-state index contributed by atoms with van der Waals surface area (Å²) in [6, 6.07) is 0. The van der Waals surface area contributed by atoms with Crippen molar-refractivity contribution in [1.82, 2.24) is 0 Å². The van der Waals surface area contributed by atoms with Crippen LogP contribution in [0.2, 0.25) is 0 Å². The van der Waals surface area contributed by atoms with Crippen LogP contribution in [0, 0.1) is 0 Å². The van der Waals surface area contributed by atoms with Crippen molar-refractivity contribution >= 4 is 0 Å². The Morgan fingerprint density at radius 3 is 1.03 bits per heavy atom. The highest BCUT2D eigenvalue weighted by atomic mass is 16.5. The second-order valence-corrected chi connectivity index (χ2v) is 10.1. The van der Waals surface area contributed by atoms with Gasteiger partial charge in [-0.1, -0.05) is 129 Å². The molecule has 1 rings (SSSR count). The van der Waals surface area contributed by atoms with Crippen LogP contribution in [-0.2, 0) is 9.47 Å². The van der Waals surface area contributed by atoms with Gasteiger partial charge in [0.05, 0.1) is 12.2 Å². The molecule has 0 spiro atoms. The quantitative estimate of drug-likeness (QED) is 0.140. The first-order chi connectivity index (χ1) is 15.4. The summed E-state index contributed by atoms with van der Waals surface area (Å²) in [6.07, 6.45) is 32.3. The van der Waals surface area contributed by atoms with E-state index >= 15 is 0 Å². The molecule has 0 aromatic heterocycles. The lowest BCUT2D eigenvalue weighted by Crippen LogP contribution is -2.27. The zero-order chi connectivity index (χ0) is 22.2. The Morgan fingerprint density at radius 1 is 0.419 bits per heavy atom. The van der Waals surface area contributed by atoms with Crippen molar-refractivity contribution in [3.63, 3.8) is 0 Å². The molecule has 0 amide bonds. The van der Waals surface area contributed by atoms with Crippen LogP contribution in [0.15, 0.2) is 0 Å². The molecule has 0 aliphatic heterocycles. The Bertz CT molecular complexity index is 312. The molecule has 186 valence electrons. The van der Waals surface area contributed by atoms with Gasteiger partial charge in [-0.05, 0) is 32.1 Å². The molecule has 0 saturated heterocycles. The molecular formula is C29H58O2. The summed E-state index contributed by atoms with van der Waals surface area (Å²) >= 11 is 0. The van der Waals surface area contributed by atoms with Crippen molar-refractivity contribution in [1.29, 1.82) is 0 Å². The summed E-state index contributed by atoms with van der Waals surface area (Å²) in [6.45, 7) is 6.47. The van der Waals surface area contributed by atoms with Crippen LogP contribution in [0.4, 0.5) is 0 Å². The first-order valence-corrected chi connectivity index (χ1v) is 14.6. The van der Waals surface area contributed by atoms with Crippen molar-refractivity contribution in [2.24, 2.45) is 0 Å². The first-order valence-electron chi connectivity index (χ1n) is 14.6. The molecule has 0 aromatic rings. The molecule has 0 heterocycles. The summed E-state index contributed by atoms with van der Waals surface area (Å²) in [5.74, 6) is 0. The molecule has 1 fully saturated rings. The molecule has 1 aliphatic rings. The molecule has 2 heteroatoms. The standard InChI is InChI=1S/C29H58O2/c1-3-5-7-9-11-13-15-17-19-21-26-30-28-24-23-25-29(28)31-27-22-20-18-16-14-12-10-8-6-4-2/h28-29H,3-27H2,1-2H3. The Morgan fingerprint density at radius 2 is 0.710 bits per heavy atom. The smallest absolute Gasteiger partial charge is 0.0836 e. The molecule has 0 aromatic carbocycles. The molecular weight excluding hydrogens is 380 g/mol. The first kappa shape index (κ1) is 29.0. The van der Waals surface area contributed by atoms with E-state index in [4.69, 9.17) is 9.47 Å². The van der Waals surface area contributed by atoms with Crippen LogP contribution in [0.25, 0.3) is 0 Å². The van der Waals surface area contributed by atoms with E-state index in [0.29, 0.717) is 12.2 Å². The number of hydrogen-bond donors (Lipinski definition) is 0. The molecule has 31 heavy (non-hydrogen) atoms. The SMILES string of the molecule is CCCCCCCCCCCCOC1CCCC1OCCCCCCCCCCCC. The third-order valence-electron chi connectivity index (χ3n) is 7.05. The monoisotopic (exact) mass is 438 g/mol. The second-order valence-electron chi connectivity index (χ2n) is 10.1. The summed E-state index contributed by atoms with van der Waals surface area (Å²) < 4.78 is 12.4. The minimum Gasteiger partial charge on any atom is -0.376 e. The van der Waals surface area contributed by atoms with Gasteiger partial charge in [-0.25, -0.2) is 0 Å². The van der Waals surface area contributed by atoms with Crippen molar-refractivity contribution in [3.05, 3.63) is 0 Å². The molecule has 2 unspecified atom stereocenters. The summed E-state index contributed by atoms with van der Waals surface area (Å²) in [5, 5.41) is 0. The second kappa shape index (κ2) is 23.1. The van der Waals surface area contributed by atoms with Gasteiger partial charge in [0.25, 0.3) is 0 Å². The largest absolute Gasteiger partial charge is 0.376 e. The Hall–Kier alpha value is -0.0800. The topological polar surface area (TPSA) is 18.5 Å². The number of ether oxygens (including phenoxy) is 2. The van der Waals surface area contributed by atoms with Gasteiger partial charge < -0.3 is 9.47 Å². The lowest BCUT2D eigenvalue weighted by Gasteiger charge is -2.21. The maximum Gasteiger partial charge on any atom is 0.0836 e. The van der Waals surface area contributed by atoms with E-state index in [2.05, 4.69) is 13.8 Å². The highest BCUT2D eigenvalue weighted by Crippen LogP contribution is 2.25. The predicted molar refractivity (Wildman–Crippen MR) is 137 cm³/mol. The third kappa shape index (κ3) is 18.1. The van der Waals surface area contributed by atoms with Crippen LogP contribution in [0.3, 0.4) is 0 Å². The van der Waals surface area contributed by atoms with Gasteiger partial charge in [-0.15, -0.1) is 0 Å². The number of rotatable bonds is 24. The predicted octanol–water partition coefficient (Wildman–Crippen LogP) is 9.78. The van der Waals surface area contributed by atoms with E-state index < -0.39 is 0 Å². The van der Waals surface area contributed by atoms with Crippen LogP contribution in [0.1, 0.15) is 162 Å². The maximum absolute atomic E-state index is 6.21. The van der Waals surface area contributed by atoms with Crippen LogP contribution in [0.5, 0.6) is 0 Å². The van der Waals surface area contributed by atoms with E-state index in [1.807, 2.05) is 0 Å². The minimum absolute atomic E-state index is 0.377. The molecule has 2 atom stereocenters. The average Bonchev–Trinajstić information content (AvgIpc) is 3.23. The molecule has 1 aliphatic carbocycles. The molecule has 0 bridgehead atoms. The fraction of sp³-hybridized carbons (Fsp3) is 1.00. The summed E-state index contributed by atoms with van der Waals surface area (Å²) in [7, 11) is 0. The Balaban J connectivity index is 1.85. The fourth-order valence-electron chi connectivity index (χ4n) is 4.92. The van der Waals surface area contributed by atoms with Crippen LogP contribution in [-0.4, -0.2) is 25.4 Å². The van der Waals surface area contributed by atoms with Crippen molar-refractivity contribution < 1.29 is 9.47 Å². The fourth-order valence-corrected chi connectivity index (χ4v) is 4.92. The van der Waals surface area contributed by atoms with Crippen molar-refractivity contribution in [2.75, 3.05) is 13.2 Å². The van der Waals surface area contributed by atoms with E-state index in [0.717, 1.165) is 13.2 Å². The van der Waals surface area contributed by atoms with E-state index in [1.165, 1.54) is 148 Å². The van der Waals surface area contributed by atoms with Crippen LogP contribution >= 0.6 is 0 Å². The third-order valence-corrected chi connectivity index (χ3v) is 7.05. The number of unbranched alkanes of at least 4 members (excludes halogenated alkanes) is 18. The van der Waals surface area contributed by atoms with Gasteiger partial charge in [0, 0.05) is 13.2 Å². The molecule has 0 N–H and O–H groups in total. The highest BCUT2D eigenvalue weighted by molar-refractivity contribution is 4.79. The zero-order valence-corrected chi connectivity index (χ0v) is 21.6. The average molecular weight is 439 g/mol. The lowest BCUT2D eigenvalue weighted by molar-refractivity contribution is -0.0578. The van der Waals surface area contributed by atoms with Gasteiger partial charge in [0.15, 0.2) is 0 Å². The van der Waals surface area contributed by atoms with E-state index in [-0.39, 0.29) is 0 Å². The van der Waals surface area contributed by atoms with E-state index in [1.54, 1.807) is 0 Å². The maximum atomic E-state index is 6.21. The normalized spacial score (nSPS) is 18.8. The zero-order valence-electron chi connectivity index (χ0n) is 21.6. The Labute approximate surface area is 196 Å².